The van der Waals surface area contributed by atoms with E-state index < -0.39 is 22.0 Å². The van der Waals surface area contributed by atoms with Crippen LogP contribution in [0.2, 0.25) is 0 Å². The predicted octanol–water partition coefficient (Wildman–Crippen LogP) is 2.01. The number of hydrazine groups is 1. The molecule has 2 aromatic carbocycles. The van der Waals surface area contributed by atoms with Crippen molar-refractivity contribution in [3.05, 3.63) is 60.2 Å². The second-order valence-corrected chi connectivity index (χ2v) is 7.48. The molecule has 2 amide bonds. The topological polar surface area (TPSA) is 128 Å². The highest BCUT2D eigenvalue weighted by atomic mass is 32.2. The molecule has 9 nitrogen and oxygen atoms in total. The molecule has 0 aliphatic carbocycles. The third-order valence-electron chi connectivity index (χ3n) is 3.54. The van der Waals surface area contributed by atoms with Gasteiger partial charge in [-0.2, -0.15) is 0 Å². The molecular formula is C17H18N4O5S2. The van der Waals surface area contributed by atoms with E-state index in [0.717, 1.165) is 4.90 Å². The Morgan fingerprint density at radius 2 is 1.68 bits per heavy atom. The summed E-state index contributed by atoms with van der Waals surface area (Å²) in [6.45, 7) is 1.83. The maximum Gasteiger partial charge on any atom is 0.413 e. The van der Waals surface area contributed by atoms with Crippen LogP contribution in [0.1, 0.15) is 17.3 Å². The monoisotopic (exact) mass is 422 g/mol. The summed E-state index contributed by atoms with van der Waals surface area (Å²) in [5.41, 5.74) is 2.80. The predicted molar refractivity (Wildman–Crippen MR) is 107 cm³/mol. The van der Waals surface area contributed by atoms with Gasteiger partial charge in [-0.25, -0.2) is 13.2 Å². The molecule has 0 fully saturated rings. The van der Waals surface area contributed by atoms with Crippen molar-refractivity contribution in [2.45, 2.75) is 11.8 Å². The maximum atomic E-state index is 12.1. The van der Waals surface area contributed by atoms with E-state index in [-0.39, 0.29) is 22.1 Å². The van der Waals surface area contributed by atoms with Gasteiger partial charge in [-0.05, 0) is 55.5 Å². The van der Waals surface area contributed by atoms with Crippen LogP contribution in [0.15, 0.2) is 59.5 Å². The van der Waals surface area contributed by atoms with Crippen molar-refractivity contribution in [2.75, 3.05) is 11.9 Å². The highest BCUT2D eigenvalue weighted by molar-refractivity contribution is 7.89. The SMILES string of the molecule is CCN(C(=O)O)C(=S)Nc1ccc(C(=O)NNS(=O)(=O)c2ccccc2)cc1. The molecule has 2 aromatic rings. The van der Waals surface area contributed by atoms with Crippen LogP contribution in [-0.2, 0) is 10.0 Å². The summed E-state index contributed by atoms with van der Waals surface area (Å²) in [6.07, 6.45) is -1.18. The van der Waals surface area contributed by atoms with E-state index in [0.29, 0.717) is 5.69 Å². The fraction of sp³-hybridized carbons (Fsp3) is 0.118. The summed E-state index contributed by atoms with van der Waals surface area (Å²) in [4.78, 5) is 26.2. The number of amides is 2. The van der Waals surface area contributed by atoms with Crippen LogP contribution in [0.3, 0.4) is 0 Å². The molecule has 2 rings (SSSR count). The molecule has 28 heavy (non-hydrogen) atoms. The molecule has 0 aliphatic rings. The number of carboxylic acid groups (broad SMARTS) is 1. The molecule has 0 heterocycles. The Bertz CT molecular complexity index is 963. The first kappa shape index (κ1) is 21.3. The van der Waals surface area contributed by atoms with Crippen molar-refractivity contribution in [1.82, 2.24) is 15.2 Å². The Labute approximate surface area is 167 Å². The molecule has 0 radical (unpaired) electrons. The van der Waals surface area contributed by atoms with Gasteiger partial charge in [0.2, 0.25) is 0 Å². The van der Waals surface area contributed by atoms with Crippen LogP contribution in [-0.4, -0.2) is 42.1 Å². The lowest BCUT2D eigenvalue weighted by molar-refractivity contribution is 0.0945. The van der Waals surface area contributed by atoms with Gasteiger partial charge in [0.15, 0.2) is 5.11 Å². The second kappa shape index (κ2) is 9.26. The van der Waals surface area contributed by atoms with E-state index in [1.54, 1.807) is 25.1 Å². The fourth-order valence-electron chi connectivity index (χ4n) is 2.11. The lowest BCUT2D eigenvalue weighted by Crippen LogP contribution is -2.41. The lowest BCUT2D eigenvalue weighted by atomic mass is 10.2. The van der Waals surface area contributed by atoms with Gasteiger partial charge in [0.05, 0.1) is 4.90 Å². The minimum Gasteiger partial charge on any atom is -0.465 e. The summed E-state index contributed by atoms with van der Waals surface area (Å²) < 4.78 is 24.2. The number of hydrogen-bond acceptors (Lipinski definition) is 5. The van der Waals surface area contributed by atoms with Crippen molar-refractivity contribution in [3.8, 4) is 0 Å². The van der Waals surface area contributed by atoms with E-state index in [1.807, 2.05) is 4.83 Å². The van der Waals surface area contributed by atoms with Gasteiger partial charge < -0.3 is 10.4 Å². The van der Waals surface area contributed by atoms with E-state index >= 15 is 0 Å². The molecule has 0 saturated heterocycles. The standard InChI is InChI=1S/C17H18N4O5S2/c1-2-21(17(23)24)16(27)18-13-10-8-12(9-11-13)15(22)19-20-28(25,26)14-6-4-3-5-7-14/h3-11,20H,2H2,1H3,(H,18,27)(H,19,22)(H,23,24). The highest BCUT2D eigenvalue weighted by Crippen LogP contribution is 2.11. The van der Waals surface area contributed by atoms with Gasteiger partial charge in [0.25, 0.3) is 15.9 Å². The number of carbonyl (C=O) groups excluding carboxylic acids is 1. The van der Waals surface area contributed by atoms with Crippen molar-refractivity contribution >= 4 is 45.0 Å². The number of anilines is 1. The molecule has 0 unspecified atom stereocenters. The summed E-state index contributed by atoms with van der Waals surface area (Å²) >= 11 is 5.02. The molecule has 148 valence electrons. The summed E-state index contributed by atoms with van der Waals surface area (Å²) in [5.74, 6) is -0.658. The van der Waals surface area contributed by atoms with Crippen molar-refractivity contribution in [1.29, 1.82) is 0 Å². The third-order valence-corrected chi connectivity index (χ3v) is 5.13. The number of benzene rings is 2. The zero-order valence-corrected chi connectivity index (χ0v) is 16.4. The van der Waals surface area contributed by atoms with Crippen LogP contribution in [0.4, 0.5) is 10.5 Å². The largest absolute Gasteiger partial charge is 0.465 e. The van der Waals surface area contributed by atoms with Gasteiger partial charge in [0.1, 0.15) is 0 Å². The van der Waals surface area contributed by atoms with E-state index in [9.17, 15) is 18.0 Å². The van der Waals surface area contributed by atoms with Crippen molar-refractivity contribution < 1.29 is 23.1 Å². The Morgan fingerprint density at radius 1 is 1.07 bits per heavy atom. The molecule has 0 spiro atoms. The number of nitrogens with zero attached hydrogens (tertiary/aromatic N) is 1. The Morgan fingerprint density at radius 3 is 2.21 bits per heavy atom. The van der Waals surface area contributed by atoms with Crippen molar-refractivity contribution in [3.63, 3.8) is 0 Å². The first-order valence-electron chi connectivity index (χ1n) is 8.03. The van der Waals surface area contributed by atoms with Crippen LogP contribution < -0.4 is 15.6 Å². The molecular weight excluding hydrogens is 404 g/mol. The normalized spacial score (nSPS) is 10.8. The number of hydrogen-bond donors (Lipinski definition) is 4. The quantitative estimate of drug-likeness (QED) is 0.414. The molecule has 0 bridgehead atoms. The van der Waals surface area contributed by atoms with Crippen LogP contribution in [0.25, 0.3) is 0 Å². The second-order valence-electron chi connectivity index (χ2n) is 5.41. The average molecular weight is 422 g/mol. The molecule has 0 aromatic heterocycles. The fourth-order valence-corrected chi connectivity index (χ4v) is 3.29. The molecule has 0 saturated carbocycles. The maximum absolute atomic E-state index is 12.1. The zero-order valence-electron chi connectivity index (χ0n) is 14.7. The lowest BCUT2D eigenvalue weighted by Gasteiger charge is -2.19. The van der Waals surface area contributed by atoms with E-state index in [2.05, 4.69) is 10.7 Å². The van der Waals surface area contributed by atoms with Gasteiger partial charge in [0, 0.05) is 17.8 Å². The van der Waals surface area contributed by atoms with Crippen molar-refractivity contribution in [2.24, 2.45) is 0 Å². The number of rotatable bonds is 6. The van der Waals surface area contributed by atoms with Crippen LogP contribution >= 0.6 is 12.2 Å². The minimum atomic E-state index is -3.88. The number of carbonyl (C=O) groups is 2. The Kier molecular flexibility index (Phi) is 7.04. The summed E-state index contributed by atoms with van der Waals surface area (Å²) in [7, 11) is -3.88. The minimum absolute atomic E-state index is 0.00261. The van der Waals surface area contributed by atoms with E-state index in [4.69, 9.17) is 17.3 Å². The van der Waals surface area contributed by atoms with Gasteiger partial charge >= 0.3 is 6.09 Å². The van der Waals surface area contributed by atoms with Crippen LogP contribution in [0.5, 0.6) is 0 Å². The van der Waals surface area contributed by atoms with Gasteiger partial charge in [-0.15, -0.1) is 4.83 Å². The third kappa shape index (κ3) is 5.49. The van der Waals surface area contributed by atoms with E-state index in [1.165, 1.54) is 36.4 Å². The molecule has 4 N–H and O–H groups in total. The Balaban J connectivity index is 1.98. The molecule has 0 aliphatic heterocycles. The summed E-state index contributed by atoms with van der Waals surface area (Å²) in [5, 5.41) is 11.8. The van der Waals surface area contributed by atoms with Gasteiger partial charge in [-0.3, -0.25) is 15.1 Å². The highest BCUT2D eigenvalue weighted by Gasteiger charge is 2.16. The molecule has 0 atom stereocenters. The average Bonchev–Trinajstić information content (AvgIpc) is 2.67. The zero-order chi connectivity index (χ0) is 20.7. The number of thiocarbonyl (C=S) groups is 1. The Hall–Kier alpha value is -3.02. The molecule has 11 heteroatoms. The first-order chi connectivity index (χ1) is 13.2. The number of nitrogens with one attached hydrogen (secondary N) is 3. The van der Waals surface area contributed by atoms with Gasteiger partial charge in [-0.1, -0.05) is 18.2 Å². The van der Waals surface area contributed by atoms with Crippen LogP contribution in [0, 0.1) is 0 Å². The first-order valence-corrected chi connectivity index (χ1v) is 9.92. The summed E-state index contributed by atoms with van der Waals surface area (Å²) in [6, 6.07) is 13.5. The number of sulfonamides is 1. The smallest absolute Gasteiger partial charge is 0.413 e.